The van der Waals surface area contributed by atoms with Crippen LogP contribution < -0.4 is 10.2 Å². The van der Waals surface area contributed by atoms with Gasteiger partial charge in [0.1, 0.15) is 17.5 Å². The van der Waals surface area contributed by atoms with Gasteiger partial charge in [-0.05, 0) is 13.8 Å². The summed E-state index contributed by atoms with van der Waals surface area (Å²) >= 11 is 0. The fourth-order valence-corrected chi connectivity index (χ4v) is 2.27. The Labute approximate surface area is 121 Å². The molecule has 0 amide bonds. The van der Waals surface area contributed by atoms with Crippen LogP contribution in [0.1, 0.15) is 40.4 Å². The Morgan fingerprint density at radius 3 is 2.55 bits per heavy atom. The van der Waals surface area contributed by atoms with Gasteiger partial charge >= 0.3 is 0 Å². The van der Waals surface area contributed by atoms with Crippen molar-refractivity contribution in [2.45, 2.75) is 45.6 Å². The van der Waals surface area contributed by atoms with Gasteiger partial charge in [0.25, 0.3) is 0 Å². The summed E-state index contributed by atoms with van der Waals surface area (Å²) in [6.07, 6.45) is 0. The summed E-state index contributed by atoms with van der Waals surface area (Å²) in [4.78, 5) is 11.6. The standard InChI is InChI=1S/C15H26N4O/c1-14(2,3)13-17-11(16-6)9-12(18-13)19-7-8-20-15(4,5)10-19/h9H,7-8,10H2,1-6H3,(H,16,17,18). The summed E-state index contributed by atoms with van der Waals surface area (Å²) in [5, 5.41) is 3.13. The third-order valence-corrected chi connectivity index (χ3v) is 3.39. The first-order valence-electron chi connectivity index (χ1n) is 7.17. The number of nitrogens with one attached hydrogen (secondary N) is 1. The van der Waals surface area contributed by atoms with Gasteiger partial charge in [0.2, 0.25) is 0 Å². The molecule has 112 valence electrons. The van der Waals surface area contributed by atoms with Crippen LogP contribution in [-0.4, -0.2) is 42.3 Å². The minimum absolute atomic E-state index is 0.0661. The maximum absolute atomic E-state index is 5.77. The fraction of sp³-hybridized carbons (Fsp3) is 0.733. The first-order chi connectivity index (χ1) is 9.21. The van der Waals surface area contributed by atoms with E-state index < -0.39 is 0 Å². The largest absolute Gasteiger partial charge is 0.373 e. The molecule has 1 aliphatic heterocycles. The highest BCUT2D eigenvalue weighted by molar-refractivity contribution is 5.50. The number of morpholine rings is 1. The molecule has 0 saturated carbocycles. The van der Waals surface area contributed by atoms with Crippen LogP contribution in [0, 0.1) is 0 Å². The van der Waals surface area contributed by atoms with E-state index in [1.807, 2.05) is 13.1 Å². The predicted octanol–water partition coefficient (Wildman–Crippen LogP) is 2.43. The van der Waals surface area contributed by atoms with E-state index in [1.165, 1.54) is 0 Å². The summed E-state index contributed by atoms with van der Waals surface area (Å²) in [6, 6.07) is 2.01. The van der Waals surface area contributed by atoms with Crippen LogP contribution in [0.5, 0.6) is 0 Å². The van der Waals surface area contributed by atoms with Gasteiger partial charge in [0, 0.05) is 31.6 Å². The molecule has 5 nitrogen and oxygen atoms in total. The fourth-order valence-electron chi connectivity index (χ4n) is 2.27. The summed E-state index contributed by atoms with van der Waals surface area (Å²) in [5.74, 6) is 2.71. The van der Waals surface area contributed by atoms with E-state index in [9.17, 15) is 0 Å². The lowest BCUT2D eigenvalue weighted by atomic mass is 9.95. The number of hydrogen-bond acceptors (Lipinski definition) is 5. The van der Waals surface area contributed by atoms with Crippen molar-refractivity contribution in [3.63, 3.8) is 0 Å². The topological polar surface area (TPSA) is 50.3 Å². The van der Waals surface area contributed by atoms with Gasteiger partial charge in [-0.15, -0.1) is 0 Å². The average Bonchev–Trinajstić information content (AvgIpc) is 2.36. The van der Waals surface area contributed by atoms with Gasteiger partial charge in [-0.3, -0.25) is 0 Å². The maximum atomic E-state index is 5.77. The van der Waals surface area contributed by atoms with Crippen LogP contribution in [-0.2, 0) is 10.2 Å². The Hall–Kier alpha value is -1.36. The maximum Gasteiger partial charge on any atom is 0.138 e. The molecule has 1 aliphatic rings. The summed E-state index contributed by atoms with van der Waals surface area (Å²) in [7, 11) is 1.89. The first-order valence-corrected chi connectivity index (χ1v) is 7.17. The number of aromatic nitrogens is 2. The second-order valence-corrected chi connectivity index (χ2v) is 6.96. The van der Waals surface area contributed by atoms with Crippen LogP contribution in [0.3, 0.4) is 0 Å². The number of rotatable bonds is 2. The highest BCUT2D eigenvalue weighted by atomic mass is 16.5. The lowest BCUT2D eigenvalue weighted by molar-refractivity contribution is -0.0279. The predicted molar refractivity (Wildman–Crippen MR) is 82.5 cm³/mol. The van der Waals surface area contributed by atoms with E-state index in [2.05, 4.69) is 49.8 Å². The molecule has 0 aromatic carbocycles. The van der Waals surface area contributed by atoms with Crippen LogP contribution in [0.4, 0.5) is 11.6 Å². The zero-order valence-corrected chi connectivity index (χ0v) is 13.4. The molecule has 1 N–H and O–H groups in total. The molecular weight excluding hydrogens is 252 g/mol. The molecule has 1 fully saturated rings. The van der Waals surface area contributed by atoms with Crippen molar-refractivity contribution in [3.8, 4) is 0 Å². The lowest BCUT2D eigenvalue weighted by Crippen LogP contribution is -2.48. The molecule has 1 saturated heterocycles. The van der Waals surface area contributed by atoms with Gasteiger partial charge < -0.3 is 15.0 Å². The van der Waals surface area contributed by atoms with E-state index in [4.69, 9.17) is 9.72 Å². The summed E-state index contributed by atoms with van der Waals surface area (Å²) in [6.45, 7) is 13.1. The lowest BCUT2D eigenvalue weighted by Gasteiger charge is -2.39. The molecule has 0 bridgehead atoms. The van der Waals surface area contributed by atoms with Crippen molar-refractivity contribution >= 4 is 11.6 Å². The van der Waals surface area contributed by atoms with E-state index in [1.54, 1.807) is 0 Å². The molecule has 20 heavy (non-hydrogen) atoms. The van der Waals surface area contributed by atoms with E-state index in [-0.39, 0.29) is 11.0 Å². The number of hydrogen-bond donors (Lipinski definition) is 1. The molecule has 2 heterocycles. The van der Waals surface area contributed by atoms with Gasteiger partial charge in [-0.25, -0.2) is 9.97 Å². The Balaban J connectivity index is 2.36. The molecule has 1 aromatic rings. The minimum atomic E-state index is -0.134. The average molecular weight is 278 g/mol. The minimum Gasteiger partial charge on any atom is -0.373 e. The van der Waals surface area contributed by atoms with E-state index >= 15 is 0 Å². The van der Waals surface area contributed by atoms with Crippen molar-refractivity contribution in [1.82, 2.24) is 9.97 Å². The second-order valence-electron chi connectivity index (χ2n) is 6.96. The van der Waals surface area contributed by atoms with Crippen LogP contribution in [0.15, 0.2) is 6.07 Å². The third-order valence-electron chi connectivity index (χ3n) is 3.39. The highest BCUT2D eigenvalue weighted by Gasteiger charge is 2.29. The van der Waals surface area contributed by atoms with E-state index in [0.29, 0.717) is 0 Å². The van der Waals surface area contributed by atoms with Gasteiger partial charge in [0.05, 0.1) is 12.2 Å². The Morgan fingerprint density at radius 2 is 2.00 bits per heavy atom. The monoisotopic (exact) mass is 278 g/mol. The normalized spacial score (nSPS) is 19.0. The molecule has 0 unspecified atom stereocenters. The van der Waals surface area contributed by atoms with Crippen LogP contribution in [0.2, 0.25) is 0 Å². The number of anilines is 2. The summed E-state index contributed by atoms with van der Waals surface area (Å²) in [5.41, 5.74) is -0.200. The molecule has 0 atom stereocenters. The van der Waals surface area contributed by atoms with Crippen molar-refractivity contribution in [3.05, 3.63) is 11.9 Å². The Kier molecular flexibility index (Phi) is 3.91. The third kappa shape index (κ3) is 3.39. The number of ether oxygens (including phenoxy) is 1. The Bertz CT molecular complexity index is 479. The van der Waals surface area contributed by atoms with Crippen molar-refractivity contribution < 1.29 is 4.74 Å². The number of nitrogens with zero attached hydrogens (tertiary/aromatic N) is 3. The van der Waals surface area contributed by atoms with Gasteiger partial charge in [-0.2, -0.15) is 0 Å². The molecule has 0 aliphatic carbocycles. The summed E-state index contributed by atoms with van der Waals surface area (Å²) < 4.78 is 5.77. The van der Waals surface area contributed by atoms with Gasteiger partial charge in [-0.1, -0.05) is 20.8 Å². The SMILES string of the molecule is CNc1cc(N2CCOC(C)(C)C2)nc(C(C)(C)C)n1. The molecular formula is C15H26N4O. The van der Waals surface area contributed by atoms with Crippen LogP contribution >= 0.6 is 0 Å². The smallest absolute Gasteiger partial charge is 0.138 e. The zero-order chi connectivity index (χ0) is 15.0. The van der Waals surface area contributed by atoms with E-state index in [0.717, 1.165) is 37.2 Å². The quantitative estimate of drug-likeness (QED) is 0.900. The van der Waals surface area contributed by atoms with Crippen LogP contribution in [0.25, 0.3) is 0 Å². The van der Waals surface area contributed by atoms with Crippen molar-refractivity contribution in [1.29, 1.82) is 0 Å². The second kappa shape index (κ2) is 5.20. The van der Waals surface area contributed by atoms with Crippen molar-refractivity contribution in [2.24, 2.45) is 0 Å². The molecule has 1 aromatic heterocycles. The van der Waals surface area contributed by atoms with Crippen molar-refractivity contribution in [2.75, 3.05) is 37.0 Å². The molecule has 0 radical (unpaired) electrons. The Morgan fingerprint density at radius 1 is 1.30 bits per heavy atom. The zero-order valence-electron chi connectivity index (χ0n) is 13.4. The highest BCUT2D eigenvalue weighted by Crippen LogP contribution is 2.26. The first kappa shape index (κ1) is 15.0. The van der Waals surface area contributed by atoms with Gasteiger partial charge in [0.15, 0.2) is 0 Å². The molecule has 2 rings (SSSR count). The molecule has 0 spiro atoms. The molecule has 5 heteroatoms.